The molecular weight excluding hydrogens is 502 g/mol. The highest BCUT2D eigenvalue weighted by Crippen LogP contribution is 2.59. The average molecular weight is 536 g/mol. The van der Waals surface area contributed by atoms with Gasteiger partial charge < -0.3 is 4.90 Å². The molecule has 4 aromatic rings. The first-order valence-electron chi connectivity index (χ1n) is 14.9. The van der Waals surface area contributed by atoms with Crippen molar-refractivity contribution < 1.29 is 9.59 Å². The van der Waals surface area contributed by atoms with Gasteiger partial charge in [0, 0.05) is 40.4 Å². The van der Waals surface area contributed by atoms with Crippen LogP contribution in [0, 0.1) is 0 Å². The van der Waals surface area contributed by atoms with E-state index in [2.05, 4.69) is 68.3 Å². The van der Waals surface area contributed by atoms with Gasteiger partial charge in [-0.05, 0) is 87.8 Å². The van der Waals surface area contributed by atoms with Gasteiger partial charge in [0.1, 0.15) is 0 Å². The Hall–Kier alpha value is -4.24. The number of ketones is 2. The molecule has 3 aliphatic carbocycles. The molecule has 4 aliphatic rings. The molecule has 41 heavy (non-hydrogen) atoms. The summed E-state index contributed by atoms with van der Waals surface area (Å²) < 4.78 is 0. The summed E-state index contributed by atoms with van der Waals surface area (Å²) in [4.78, 5) is 29.4. The standard InChI is InChI=1S/C38H33NO2/c1-37(2)30-14-8-7-13-25(30)27-21-32-33(22-31(27)37)39(3)34(38(32)17-9-4-10-18-38)16-15-26-35(40)28-19-23-11-5-6-12-24(23)20-29(28)36(26)41/h5-8,11-16,19-22H,4,9-10,17-18H2,1-3H3/b34-16-. The van der Waals surface area contributed by atoms with E-state index in [1.54, 1.807) is 0 Å². The summed E-state index contributed by atoms with van der Waals surface area (Å²) in [5.41, 5.74) is 10.5. The first-order chi connectivity index (χ1) is 19.8. The SMILES string of the molecule is CN1/C(=C\C=C2C(=O)c3cc4ccccc4cc3C2=O)C2(CCCCC2)c2cc3c(cc21)C(C)(C)c1ccccc1-3. The van der Waals surface area contributed by atoms with Crippen molar-refractivity contribution in [1.29, 1.82) is 0 Å². The maximum atomic E-state index is 13.5. The van der Waals surface area contributed by atoms with Crippen LogP contribution in [0.2, 0.25) is 0 Å². The second-order valence-corrected chi connectivity index (χ2v) is 12.8. The number of carbonyl (C=O) groups excluding carboxylic acids is 2. The lowest BCUT2D eigenvalue weighted by Crippen LogP contribution is -2.31. The summed E-state index contributed by atoms with van der Waals surface area (Å²) in [5, 5.41) is 1.97. The quantitative estimate of drug-likeness (QED) is 0.181. The van der Waals surface area contributed by atoms with Gasteiger partial charge in [0.15, 0.2) is 11.6 Å². The van der Waals surface area contributed by atoms with Gasteiger partial charge in [-0.1, -0.05) is 81.6 Å². The van der Waals surface area contributed by atoms with Crippen molar-refractivity contribution in [3.05, 3.63) is 124 Å². The Kier molecular flexibility index (Phi) is 5.02. The number of nitrogens with zero attached hydrogens (tertiary/aromatic N) is 1. The molecular formula is C38H33NO2. The van der Waals surface area contributed by atoms with Gasteiger partial charge in [0.2, 0.25) is 0 Å². The molecule has 1 heterocycles. The van der Waals surface area contributed by atoms with Crippen molar-refractivity contribution in [2.24, 2.45) is 0 Å². The summed E-state index contributed by atoms with van der Waals surface area (Å²) in [6.07, 6.45) is 9.66. The van der Waals surface area contributed by atoms with Crippen LogP contribution in [0.4, 0.5) is 5.69 Å². The third-order valence-electron chi connectivity index (χ3n) is 10.4. The number of anilines is 1. The maximum absolute atomic E-state index is 13.5. The zero-order valence-electron chi connectivity index (χ0n) is 23.9. The number of rotatable bonds is 1. The fraction of sp³-hybridized carbons (Fsp3) is 0.263. The van der Waals surface area contributed by atoms with Crippen LogP contribution in [0.25, 0.3) is 21.9 Å². The van der Waals surface area contributed by atoms with Crippen LogP contribution >= 0.6 is 0 Å². The summed E-state index contributed by atoms with van der Waals surface area (Å²) in [6.45, 7) is 4.66. The van der Waals surface area contributed by atoms with E-state index in [9.17, 15) is 9.59 Å². The molecule has 0 radical (unpaired) electrons. The molecule has 3 heteroatoms. The summed E-state index contributed by atoms with van der Waals surface area (Å²) in [7, 11) is 2.16. The molecule has 1 saturated carbocycles. The molecule has 0 aromatic heterocycles. The van der Waals surface area contributed by atoms with Gasteiger partial charge in [0.25, 0.3) is 0 Å². The van der Waals surface area contributed by atoms with E-state index in [4.69, 9.17) is 0 Å². The predicted octanol–water partition coefficient (Wildman–Crippen LogP) is 8.69. The van der Waals surface area contributed by atoms with Crippen LogP contribution in [0.5, 0.6) is 0 Å². The van der Waals surface area contributed by atoms with Crippen molar-refractivity contribution >= 4 is 28.0 Å². The fourth-order valence-electron chi connectivity index (χ4n) is 8.26. The molecule has 1 aliphatic heterocycles. The zero-order valence-corrected chi connectivity index (χ0v) is 23.9. The predicted molar refractivity (Wildman–Crippen MR) is 166 cm³/mol. The molecule has 3 nitrogen and oxygen atoms in total. The third-order valence-corrected chi connectivity index (χ3v) is 10.4. The number of Topliss-reactive ketones (excluding diaryl/α,β-unsaturated/α-hetero) is 2. The van der Waals surface area contributed by atoms with Crippen LogP contribution < -0.4 is 4.90 Å². The van der Waals surface area contributed by atoms with Crippen molar-refractivity contribution in [1.82, 2.24) is 0 Å². The molecule has 0 unspecified atom stereocenters. The average Bonchev–Trinajstić information content (AvgIpc) is 3.46. The van der Waals surface area contributed by atoms with Crippen LogP contribution in [0.3, 0.4) is 0 Å². The number of hydrogen-bond acceptors (Lipinski definition) is 3. The van der Waals surface area contributed by atoms with Gasteiger partial charge >= 0.3 is 0 Å². The molecule has 202 valence electrons. The van der Waals surface area contributed by atoms with E-state index in [0.717, 1.165) is 23.6 Å². The van der Waals surface area contributed by atoms with E-state index in [-0.39, 0.29) is 28.0 Å². The van der Waals surface area contributed by atoms with E-state index in [0.29, 0.717) is 11.1 Å². The lowest BCUT2D eigenvalue weighted by Gasteiger charge is -2.36. The van der Waals surface area contributed by atoms with Gasteiger partial charge in [0.05, 0.1) is 5.57 Å². The first-order valence-corrected chi connectivity index (χ1v) is 14.9. The minimum absolute atomic E-state index is 0.0615. The highest BCUT2D eigenvalue weighted by atomic mass is 16.2. The van der Waals surface area contributed by atoms with Gasteiger partial charge in [-0.15, -0.1) is 0 Å². The second kappa shape index (κ2) is 8.39. The summed E-state index contributed by atoms with van der Waals surface area (Å²) in [6, 6.07) is 25.4. The number of likely N-dealkylation sites (N-methyl/N-ethyl adjacent to an activating group) is 1. The zero-order chi connectivity index (χ0) is 28.1. The fourth-order valence-corrected chi connectivity index (χ4v) is 8.26. The molecule has 0 saturated heterocycles. The highest BCUT2D eigenvalue weighted by molar-refractivity contribution is 6.40. The van der Waals surface area contributed by atoms with Gasteiger partial charge in [-0.3, -0.25) is 9.59 Å². The maximum Gasteiger partial charge on any atom is 0.197 e. The first kappa shape index (κ1) is 24.5. The number of benzene rings is 4. The van der Waals surface area contributed by atoms with Gasteiger partial charge in [-0.25, -0.2) is 0 Å². The van der Waals surface area contributed by atoms with Crippen molar-refractivity contribution in [2.75, 3.05) is 11.9 Å². The molecule has 8 rings (SSSR count). The Bertz CT molecular complexity index is 1840. The van der Waals surface area contributed by atoms with Crippen LogP contribution in [0.15, 0.2) is 96.2 Å². The third kappa shape index (κ3) is 3.21. The normalized spacial score (nSPS) is 20.5. The Labute approximate surface area is 241 Å². The molecule has 4 aromatic carbocycles. The monoisotopic (exact) mass is 535 g/mol. The molecule has 1 fully saturated rings. The topological polar surface area (TPSA) is 37.4 Å². The second-order valence-electron chi connectivity index (χ2n) is 12.8. The lowest BCUT2D eigenvalue weighted by molar-refractivity contribution is 0.0988. The van der Waals surface area contributed by atoms with Crippen molar-refractivity contribution in [2.45, 2.75) is 56.8 Å². The highest BCUT2D eigenvalue weighted by Gasteiger charge is 2.48. The Balaban J connectivity index is 1.27. The lowest BCUT2D eigenvalue weighted by atomic mass is 9.68. The number of carbonyl (C=O) groups is 2. The van der Waals surface area contributed by atoms with Crippen molar-refractivity contribution in [3.63, 3.8) is 0 Å². The molecule has 0 N–H and O–H groups in total. The van der Waals surface area contributed by atoms with Crippen molar-refractivity contribution in [3.8, 4) is 11.1 Å². The molecule has 0 amide bonds. The van der Waals surface area contributed by atoms with E-state index in [1.807, 2.05) is 42.5 Å². The van der Waals surface area contributed by atoms with E-state index in [1.165, 1.54) is 58.5 Å². The molecule has 0 atom stereocenters. The smallest absolute Gasteiger partial charge is 0.197 e. The van der Waals surface area contributed by atoms with E-state index >= 15 is 0 Å². The minimum Gasteiger partial charge on any atom is -0.347 e. The van der Waals surface area contributed by atoms with E-state index < -0.39 is 0 Å². The number of allylic oxidation sites excluding steroid dienone is 4. The Morgan fingerprint density at radius 3 is 1.98 bits per heavy atom. The Morgan fingerprint density at radius 1 is 0.659 bits per heavy atom. The summed E-state index contributed by atoms with van der Waals surface area (Å²) >= 11 is 0. The minimum atomic E-state index is -0.166. The molecule has 0 bridgehead atoms. The van der Waals surface area contributed by atoms with Gasteiger partial charge in [-0.2, -0.15) is 0 Å². The largest absolute Gasteiger partial charge is 0.347 e. The van der Waals surface area contributed by atoms with Crippen LogP contribution in [-0.4, -0.2) is 18.6 Å². The Morgan fingerprint density at radius 2 is 1.29 bits per heavy atom. The number of hydrogen-bond donors (Lipinski definition) is 0. The van der Waals surface area contributed by atoms with Crippen LogP contribution in [0.1, 0.15) is 83.4 Å². The molecule has 1 spiro atoms. The van der Waals surface area contributed by atoms with Crippen LogP contribution in [-0.2, 0) is 10.8 Å². The number of fused-ring (bicyclic) bond motifs is 7. The summed E-state index contributed by atoms with van der Waals surface area (Å²) in [5.74, 6) is -0.332.